The summed E-state index contributed by atoms with van der Waals surface area (Å²) in [6.45, 7) is 2.57. The van der Waals surface area contributed by atoms with E-state index in [9.17, 15) is 18.0 Å². The molecule has 0 aromatic carbocycles. The summed E-state index contributed by atoms with van der Waals surface area (Å²) >= 11 is 1.11. The molecule has 0 saturated carbocycles. The highest BCUT2D eigenvalue weighted by molar-refractivity contribution is 7.92. The molecule has 116 valence electrons. The zero-order valence-corrected chi connectivity index (χ0v) is 13.3. The smallest absolute Gasteiger partial charge is 0.242 e. The Balaban J connectivity index is 2.01. The normalized spacial score (nSPS) is 19.2. The molecule has 1 aliphatic heterocycles. The summed E-state index contributed by atoms with van der Waals surface area (Å²) in [5.74, 6) is -0.374. The Labute approximate surface area is 126 Å². The number of carbonyl (C=O) groups excluding carboxylic acids is 2. The van der Waals surface area contributed by atoms with Crippen molar-refractivity contribution >= 4 is 38.3 Å². The second kappa shape index (κ2) is 5.98. The lowest BCUT2D eigenvalue weighted by Gasteiger charge is -2.32. The van der Waals surface area contributed by atoms with Crippen LogP contribution in [0.3, 0.4) is 0 Å². The molecule has 2 N–H and O–H groups in total. The fourth-order valence-electron chi connectivity index (χ4n) is 1.97. The summed E-state index contributed by atoms with van der Waals surface area (Å²) in [7, 11) is -3.38. The van der Waals surface area contributed by atoms with Crippen LogP contribution < -0.4 is 10.0 Å². The lowest BCUT2D eigenvalue weighted by Crippen LogP contribution is -2.56. The van der Waals surface area contributed by atoms with E-state index in [4.69, 9.17) is 0 Å². The number of sulfonamides is 1. The second-order valence-corrected chi connectivity index (χ2v) is 7.36. The summed E-state index contributed by atoms with van der Waals surface area (Å²) in [5, 5.41) is 4.54. The molecule has 1 aliphatic rings. The van der Waals surface area contributed by atoms with Gasteiger partial charge in [-0.05, 0) is 6.92 Å². The molecule has 0 aliphatic carbocycles. The van der Waals surface area contributed by atoms with Gasteiger partial charge in [0.1, 0.15) is 6.04 Å². The second-order valence-electron chi connectivity index (χ2n) is 4.75. The van der Waals surface area contributed by atoms with Crippen LogP contribution in [0.15, 0.2) is 5.38 Å². The van der Waals surface area contributed by atoms with Gasteiger partial charge in [-0.15, -0.1) is 11.3 Å². The van der Waals surface area contributed by atoms with Crippen molar-refractivity contribution in [3.05, 3.63) is 11.1 Å². The number of carbonyl (C=O) groups is 2. The molecule has 2 rings (SSSR count). The highest BCUT2D eigenvalue weighted by atomic mass is 32.2. The first-order valence-electron chi connectivity index (χ1n) is 6.25. The molecule has 2 heterocycles. The van der Waals surface area contributed by atoms with Gasteiger partial charge in [0.2, 0.25) is 21.8 Å². The van der Waals surface area contributed by atoms with Crippen LogP contribution in [0.2, 0.25) is 0 Å². The van der Waals surface area contributed by atoms with Gasteiger partial charge in [-0.2, -0.15) is 0 Å². The minimum atomic E-state index is -3.38. The molecule has 10 heteroatoms. The number of amides is 2. The zero-order chi connectivity index (χ0) is 15.6. The van der Waals surface area contributed by atoms with E-state index < -0.39 is 16.1 Å². The van der Waals surface area contributed by atoms with E-state index in [0.717, 1.165) is 17.6 Å². The Morgan fingerprint density at radius 3 is 3.00 bits per heavy atom. The molecule has 21 heavy (non-hydrogen) atoms. The van der Waals surface area contributed by atoms with Gasteiger partial charge < -0.3 is 10.2 Å². The molecular weight excluding hydrogens is 316 g/mol. The molecule has 1 atom stereocenters. The summed E-state index contributed by atoms with van der Waals surface area (Å²) in [6, 6.07) is -0.501. The Bertz CT molecular complexity index is 655. The topological polar surface area (TPSA) is 108 Å². The van der Waals surface area contributed by atoms with E-state index in [0.29, 0.717) is 18.8 Å². The van der Waals surface area contributed by atoms with Crippen LogP contribution >= 0.6 is 11.3 Å². The van der Waals surface area contributed by atoms with Crippen LogP contribution in [-0.2, 0) is 26.0 Å². The predicted molar refractivity (Wildman–Crippen MR) is 78.5 cm³/mol. The molecule has 0 bridgehead atoms. The van der Waals surface area contributed by atoms with Gasteiger partial charge in [-0.3, -0.25) is 14.3 Å². The lowest BCUT2D eigenvalue weighted by atomic mass is 10.2. The van der Waals surface area contributed by atoms with E-state index >= 15 is 0 Å². The molecule has 0 spiro atoms. The fourth-order valence-corrected chi connectivity index (χ4v) is 3.54. The third-order valence-corrected chi connectivity index (χ3v) is 4.48. The molecule has 1 aromatic heterocycles. The van der Waals surface area contributed by atoms with Crippen molar-refractivity contribution in [2.75, 3.05) is 24.1 Å². The number of rotatable bonds is 4. The molecule has 1 fully saturated rings. The number of anilines is 1. The Kier molecular flexibility index (Phi) is 4.47. The van der Waals surface area contributed by atoms with Crippen molar-refractivity contribution in [3.63, 3.8) is 0 Å². The number of hydrogen-bond donors (Lipinski definition) is 2. The van der Waals surface area contributed by atoms with Gasteiger partial charge in [0.25, 0.3) is 0 Å². The van der Waals surface area contributed by atoms with Gasteiger partial charge in [0.15, 0.2) is 5.13 Å². The molecule has 0 radical (unpaired) electrons. The molecule has 1 unspecified atom stereocenters. The largest absolute Gasteiger partial charge is 0.353 e. The molecule has 1 aromatic rings. The minimum absolute atomic E-state index is 0.0412. The van der Waals surface area contributed by atoms with Crippen molar-refractivity contribution in [3.8, 4) is 0 Å². The monoisotopic (exact) mass is 332 g/mol. The average Bonchev–Trinajstić information content (AvgIpc) is 2.77. The van der Waals surface area contributed by atoms with Crippen LogP contribution in [0, 0.1) is 0 Å². The number of piperazine rings is 1. The number of hydrogen-bond acceptors (Lipinski definition) is 6. The van der Waals surface area contributed by atoms with E-state index in [1.165, 1.54) is 4.90 Å². The Hall–Kier alpha value is -1.68. The average molecular weight is 332 g/mol. The lowest BCUT2D eigenvalue weighted by molar-refractivity contribution is -0.142. The molecular formula is C11H16N4O4S2. The standard InChI is InChI=1S/C11H16N4O4S2/c1-7-10(17)12-3-4-15(7)9(16)5-8-6-20-11(13-8)14-21(2,18)19/h6-7H,3-5H2,1-2H3,(H,12,17)(H,13,14). The Morgan fingerprint density at radius 1 is 1.62 bits per heavy atom. The van der Waals surface area contributed by atoms with Crippen molar-refractivity contribution in [2.45, 2.75) is 19.4 Å². The van der Waals surface area contributed by atoms with Crippen molar-refractivity contribution in [1.29, 1.82) is 0 Å². The van der Waals surface area contributed by atoms with E-state index in [-0.39, 0.29) is 23.4 Å². The first kappa shape index (κ1) is 15.7. The summed E-state index contributed by atoms with van der Waals surface area (Å²) in [5.41, 5.74) is 0.481. The van der Waals surface area contributed by atoms with Crippen LogP contribution in [0.25, 0.3) is 0 Å². The van der Waals surface area contributed by atoms with Crippen molar-refractivity contribution < 1.29 is 18.0 Å². The van der Waals surface area contributed by atoms with Crippen LogP contribution in [0.5, 0.6) is 0 Å². The Morgan fingerprint density at radius 2 is 2.33 bits per heavy atom. The number of thiazole rings is 1. The van der Waals surface area contributed by atoms with E-state index in [2.05, 4.69) is 15.0 Å². The summed E-state index contributed by atoms with van der Waals surface area (Å²) < 4.78 is 24.4. The van der Waals surface area contributed by atoms with Gasteiger partial charge in [0, 0.05) is 18.5 Å². The van der Waals surface area contributed by atoms with Crippen molar-refractivity contribution in [2.24, 2.45) is 0 Å². The van der Waals surface area contributed by atoms with Gasteiger partial charge >= 0.3 is 0 Å². The number of aromatic nitrogens is 1. The zero-order valence-electron chi connectivity index (χ0n) is 11.6. The highest BCUT2D eigenvalue weighted by Gasteiger charge is 2.29. The highest BCUT2D eigenvalue weighted by Crippen LogP contribution is 2.18. The van der Waals surface area contributed by atoms with Crippen LogP contribution in [0.4, 0.5) is 5.13 Å². The molecule has 1 saturated heterocycles. The van der Waals surface area contributed by atoms with Gasteiger partial charge in [0.05, 0.1) is 18.4 Å². The third-order valence-electron chi connectivity index (χ3n) is 2.98. The summed E-state index contributed by atoms with van der Waals surface area (Å²) in [6.07, 6.45) is 1.08. The van der Waals surface area contributed by atoms with Gasteiger partial charge in [-0.1, -0.05) is 0 Å². The first-order chi connectivity index (χ1) is 9.76. The third kappa shape index (κ3) is 4.14. The van der Waals surface area contributed by atoms with Crippen LogP contribution in [-0.4, -0.2) is 55.5 Å². The van der Waals surface area contributed by atoms with E-state index in [1.54, 1.807) is 12.3 Å². The van der Waals surface area contributed by atoms with E-state index in [1.807, 2.05) is 0 Å². The minimum Gasteiger partial charge on any atom is -0.353 e. The van der Waals surface area contributed by atoms with Crippen LogP contribution in [0.1, 0.15) is 12.6 Å². The fraction of sp³-hybridized carbons (Fsp3) is 0.545. The van der Waals surface area contributed by atoms with Gasteiger partial charge in [-0.25, -0.2) is 13.4 Å². The predicted octanol–water partition coefficient (Wildman–Crippen LogP) is -0.596. The maximum Gasteiger partial charge on any atom is 0.242 e. The molecule has 8 nitrogen and oxygen atoms in total. The van der Waals surface area contributed by atoms with Crippen molar-refractivity contribution in [1.82, 2.24) is 15.2 Å². The quantitative estimate of drug-likeness (QED) is 0.766. The summed E-state index contributed by atoms with van der Waals surface area (Å²) in [4.78, 5) is 29.3. The maximum absolute atomic E-state index is 12.2. The SMILES string of the molecule is CC1C(=O)NCCN1C(=O)Cc1csc(NS(C)(=O)=O)n1. The maximum atomic E-state index is 12.2. The molecule has 2 amide bonds. The number of nitrogens with one attached hydrogen (secondary N) is 2. The first-order valence-corrected chi connectivity index (χ1v) is 9.03. The number of nitrogens with zero attached hydrogens (tertiary/aromatic N) is 2.